The number of guanidine groups is 1. The first-order valence-corrected chi connectivity index (χ1v) is 10.5. The van der Waals surface area contributed by atoms with Crippen LogP contribution >= 0.6 is 0 Å². The third kappa shape index (κ3) is 5.92. The van der Waals surface area contributed by atoms with Gasteiger partial charge in [0.2, 0.25) is 0 Å². The highest BCUT2D eigenvalue weighted by Crippen LogP contribution is 2.33. The summed E-state index contributed by atoms with van der Waals surface area (Å²) >= 11 is 0. The lowest BCUT2D eigenvalue weighted by atomic mass is 9.78. The van der Waals surface area contributed by atoms with Crippen LogP contribution in [0.5, 0.6) is 0 Å². The van der Waals surface area contributed by atoms with Gasteiger partial charge in [0.1, 0.15) is 0 Å². The van der Waals surface area contributed by atoms with Gasteiger partial charge < -0.3 is 15.4 Å². The SMILES string of the molecule is CN=C(NCC1CCCOC1C(C)(C)C)NCC(C)(C)S(C)(=O)=O. The van der Waals surface area contributed by atoms with Gasteiger partial charge in [-0.2, -0.15) is 0 Å². The smallest absolute Gasteiger partial charge is 0.191 e. The first-order valence-electron chi connectivity index (χ1n) is 8.64. The van der Waals surface area contributed by atoms with Crippen molar-refractivity contribution in [1.29, 1.82) is 0 Å². The van der Waals surface area contributed by atoms with Gasteiger partial charge in [-0.15, -0.1) is 0 Å². The lowest BCUT2D eigenvalue weighted by molar-refractivity contribution is -0.0835. The Balaban J connectivity index is 2.60. The van der Waals surface area contributed by atoms with E-state index in [1.165, 1.54) is 6.26 Å². The summed E-state index contributed by atoms with van der Waals surface area (Å²) in [7, 11) is -1.44. The zero-order valence-corrected chi connectivity index (χ0v) is 17.1. The first-order chi connectivity index (χ1) is 10.9. The molecule has 0 aromatic carbocycles. The molecule has 1 aliphatic rings. The molecule has 0 spiro atoms. The molecule has 142 valence electrons. The number of hydrogen-bond acceptors (Lipinski definition) is 4. The Labute approximate surface area is 147 Å². The summed E-state index contributed by atoms with van der Waals surface area (Å²) in [5.74, 6) is 1.05. The average molecular weight is 362 g/mol. The summed E-state index contributed by atoms with van der Waals surface area (Å²) < 4.78 is 28.8. The number of rotatable bonds is 5. The van der Waals surface area contributed by atoms with Crippen molar-refractivity contribution in [2.45, 2.75) is 58.3 Å². The fourth-order valence-corrected chi connectivity index (χ4v) is 3.22. The van der Waals surface area contributed by atoms with Crippen LogP contribution in [-0.2, 0) is 14.6 Å². The fraction of sp³-hybridized carbons (Fsp3) is 0.941. The Hall–Kier alpha value is -0.820. The lowest BCUT2D eigenvalue weighted by Gasteiger charge is -2.40. The molecule has 1 fully saturated rings. The minimum absolute atomic E-state index is 0.0992. The second-order valence-corrected chi connectivity index (χ2v) is 11.0. The van der Waals surface area contributed by atoms with Crippen molar-refractivity contribution in [2.24, 2.45) is 16.3 Å². The molecule has 2 N–H and O–H groups in total. The molecule has 1 aliphatic heterocycles. The quantitative estimate of drug-likeness (QED) is 0.577. The van der Waals surface area contributed by atoms with Gasteiger partial charge in [0, 0.05) is 38.9 Å². The molecule has 2 unspecified atom stereocenters. The normalized spacial score (nSPS) is 23.9. The highest BCUT2D eigenvalue weighted by Gasteiger charge is 2.35. The molecule has 0 saturated carbocycles. The van der Waals surface area contributed by atoms with Crippen LogP contribution in [0.2, 0.25) is 0 Å². The van der Waals surface area contributed by atoms with Crippen LogP contribution in [0.4, 0.5) is 0 Å². The Kier molecular flexibility index (Phi) is 7.11. The summed E-state index contributed by atoms with van der Waals surface area (Å²) in [5, 5.41) is 6.46. The van der Waals surface area contributed by atoms with Gasteiger partial charge in [-0.05, 0) is 32.1 Å². The molecule has 0 radical (unpaired) electrons. The lowest BCUT2D eigenvalue weighted by Crippen LogP contribution is -2.50. The maximum absolute atomic E-state index is 11.8. The standard InChI is InChI=1S/C17H35N3O3S/c1-16(2,3)14-13(9-8-10-23-14)11-19-15(18-6)20-12-17(4,5)24(7,21)22/h13-14H,8-12H2,1-7H3,(H2,18,19,20). The van der Waals surface area contributed by atoms with E-state index in [1.54, 1.807) is 20.9 Å². The van der Waals surface area contributed by atoms with Crippen LogP contribution in [0.25, 0.3) is 0 Å². The first kappa shape index (κ1) is 21.2. The maximum Gasteiger partial charge on any atom is 0.191 e. The van der Waals surface area contributed by atoms with Gasteiger partial charge in [0.25, 0.3) is 0 Å². The second-order valence-electron chi connectivity index (χ2n) is 8.40. The molecule has 2 atom stereocenters. The molecule has 1 rings (SSSR count). The van der Waals surface area contributed by atoms with Crippen LogP contribution < -0.4 is 10.6 Å². The molecular formula is C17H35N3O3S. The van der Waals surface area contributed by atoms with E-state index in [0.29, 0.717) is 18.4 Å². The van der Waals surface area contributed by atoms with Gasteiger partial charge in [-0.1, -0.05) is 20.8 Å². The molecule has 1 saturated heterocycles. The Morgan fingerprint density at radius 3 is 2.33 bits per heavy atom. The highest BCUT2D eigenvalue weighted by molar-refractivity contribution is 7.92. The van der Waals surface area contributed by atoms with E-state index in [2.05, 4.69) is 36.4 Å². The fourth-order valence-electron chi connectivity index (χ4n) is 2.89. The van der Waals surface area contributed by atoms with Crippen molar-refractivity contribution in [1.82, 2.24) is 10.6 Å². The van der Waals surface area contributed by atoms with Gasteiger partial charge in [-0.25, -0.2) is 8.42 Å². The van der Waals surface area contributed by atoms with E-state index in [9.17, 15) is 8.42 Å². The largest absolute Gasteiger partial charge is 0.377 e. The van der Waals surface area contributed by atoms with E-state index in [0.717, 1.165) is 26.0 Å². The van der Waals surface area contributed by atoms with E-state index in [4.69, 9.17) is 4.74 Å². The minimum Gasteiger partial charge on any atom is -0.377 e. The predicted molar refractivity (Wildman–Crippen MR) is 100 cm³/mol. The summed E-state index contributed by atoms with van der Waals surface area (Å²) in [6.45, 7) is 12.0. The predicted octanol–water partition coefficient (Wildman–Crippen LogP) is 1.82. The maximum atomic E-state index is 11.8. The van der Waals surface area contributed by atoms with Crippen LogP contribution in [0.3, 0.4) is 0 Å². The van der Waals surface area contributed by atoms with Gasteiger partial charge in [-0.3, -0.25) is 4.99 Å². The summed E-state index contributed by atoms with van der Waals surface area (Å²) in [5.41, 5.74) is 0.0992. The third-order valence-corrected chi connectivity index (χ3v) is 6.89. The van der Waals surface area contributed by atoms with Crippen LogP contribution in [0, 0.1) is 11.3 Å². The number of hydrogen-bond donors (Lipinski definition) is 2. The molecule has 6 nitrogen and oxygen atoms in total. The average Bonchev–Trinajstić information content (AvgIpc) is 2.45. The summed E-state index contributed by atoms with van der Waals surface area (Å²) in [4.78, 5) is 4.20. The third-order valence-electron chi connectivity index (χ3n) is 4.74. The van der Waals surface area contributed by atoms with Crippen LogP contribution in [-0.4, -0.2) is 58.2 Å². The number of nitrogens with one attached hydrogen (secondary N) is 2. The van der Waals surface area contributed by atoms with Crippen molar-refractivity contribution in [2.75, 3.05) is 33.0 Å². The van der Waals surface area contributed by atoms with Crippen LogP contribution in [0.1, 0.15) is 47.5 Å². The Bertz CT molecular complexity index is 536. The topological polar surface area (TPSA) is 79.8 Å². The number of aliphatic imine (C=N–C) groups is 1. The van der Waals surface area contributed by atoms with Crippen LogP contribution in [0.15, 0.2) is 4.99 Å². The molecule has 0 aromatic heterocycles. The molecule has 0 bridgehead atoms. The molecule has 0 amide bonds. The number of ether oxygens (including phenoxy) is 1. The monoisotopic (exact) mass is 361 g/mol. The van der Waals surface area contributed by atoms with Gasteiger partial charge >= 0.3 is 0 Å². The van der Waals surface area contributed by atoms with E-state index in [1.807, 2.05) is 0 Å². The molecule has 24 heavy (non-hydrogen) atoms. The van der Waals surface area contributed by atoms with E-state index in [-0.39, 0.29) is 11.5 Å². The highest BCUT2D eigenvalue weighted by atomic mass is 32.2. The molecule has 7 heteroatoms. The Morgan fingerprint density at radius 1 is 1.21 bits per heavy atom. The van der Waals surface area contributed by atoms with E-state index >= 15 is 0 Å². The Morgan fingerprint density at radius 2 is 1.83 bits per heavy atom. The van der Waals surface area contributed by atoms with Crippen molar-refractivity contribution in [3.8, 4) is 0 Å². The minimum atomic E-state index is -3.14. The van der Waals surface area contributed by atoms with Crippen molar-refractivity contribution >= 4 is 15.8 Å². The zero-order chi connectivity index (χ0) is 18.6. The zero-order valence-electron chi connectivity index (χ0n) is 16.3. The molecule has 1 heterocycles. The molecule has 0 aliphatic carbocycles. The summed E-state index contributed by atoms with van der Waals surface area (Å²) in [6.07, 6.45) is 3.68. The van der Waals surface area contributed by atoms with Crippen molar-refractivity contribution < 1.29 is 13.2 Å². The molecule has 0 aromatic rings. The number of nitrogens with zero attached hydrogens (tertiary/aromatic N) is 1. The second kappa shape index (κ2) is 8.04. The van der Waals surface area contributed by atoms with Gasteiger partial charge in [0.05, 0.1) is 10.9 Å². The summed E-state index contributed by atoms with van der Waals surface area (Å²) in [6, 6.07) is 0. The molecular weight excluding hydrogens is 326 g/mol. The van der Waals surface area contributed by atoms with Crippen molar-refractivity contribution in [3.05, 3.63) is 0 Å². The van der Waals surface area contributed by atoms with Gasteiger partial charge in [0.15, 0.2) is 15.8 Å². The van der Waals surface area contributed by atoms with E-state index < -0.39 is 14.6 Å². The van der Waals surface area contributed by atoms with Crippen molar-refractivity contribution in [3.63, 3.8) is 0 Å². The number of sulfone groups is 1.